The third-order valence-corrected chi connectivity index (χ3v) is 10.2. The van der Waals surface area contributed by atoms with Gasteiger partial charge in [-0.25, -0.2) is 0 Å². The number of quaternary nitrogens is 1. The first kappa shape index (κ1) is 51.5. The van der Waals surface area contributed by atoms with Gasteiger partial charge in [-0.1, -0.05) is 154 Å². The Morgan fingerprint density at radius 1 is 0.585 bits per heavy atom. The van der Waals surface area contributed by atoms with Crippen molar-refractivity contribution in [2.75, 3.05) is 47.5 Å². The molecule has 0 aromatic rings. The molecule has 0 fully saturated rings. The minimum atomic E-state index is -4.62. The minimum Gasteiger partial charge on any atom is -0.756 e. The van der Waals surface area contributed by atoms with E-state index in [1.54, 1.807) is 0 Å². The van der Waals surface area contributed by atoms with E-state index in [4.69, 9.17) is 18.5 Å². The topological polar surface area (TPSA) is 111 Å². The molecular weight excluding hydrogens is 689 g/mol. The maximum absolute atomic E-state index is 12.7. The summed E-state index contributed by atoms with van der Waals surface area (Å²) in [5.74, 6) is -0.837. The summed E-state index contributed by atoms with van der Waals surface area (Å²) in [5, 5.41) is 0. The van der Waals surface area contributed by atoms with Crippen LogP contribution in [0, 0.1) is 0 Å². The third-order valence-electron chi connectivity index (χ3n) is 9.22. The monoisotopic (exact) mass is 772 g/mol. The molecule has 53 heavy (non-hydrogen) atoms. The van der Waals surface area contributed by atoms with Gasteiger partial charge in [-0.05, 0) is 44.9 Å². The van der Waals surface area contributed by atoms with Crippen molar-refractivity contribution in [3.05, 3.63) is 24.3 Å². The summed E-state index contributed by atoms with van der Waals surface area (Å²) in [6.45, 7) is 4.19. The highest BCUT2D eigenvalue weighted by Crippen LogP contribution is 2.38. The van der Waals surface area contributed by atoms with E-state index in [2.05, 4.69) is 38.2 Å². The molecule has 0 amide bonds. The number of unbranched alkanes of at least 4 members (excludes halogenated alkanes) is 21. The van der Waals surface area contributed by atoms with Crippen LogP contribution in [0.3, 0.4) is 0 Å². The van der Waals surface area contributed by atoms with Crippen molar-refractivity contribution in [1.29, 1.82) is 0 Å². The van der Waals surface area contributed by atoms with Crippen LogP contribution in [-0.2, 0) is 32.7 Å². The number of hydrogen-bond donors (Lipinski definition) is 0. The molecule has 9 nitrogen and oxygen atoms in total. The second-order valence-corrected chi connectivity index (χ2v) is 17.1. The Morgan fingerprint density at radius 3 is 1.53 bits per heavy atom. The zero-order valence-electron chi connectivity index (χ0n) is 35.0. The number of nitrogens with zero attached hydrogens (tertiary/aromatic N) is 1. The van der Waals surface area contributed by atoms with E-state index in [0.717, 1.165) is 51.4 Å². The first-order chi connectivity index (χ1) is 25.5. The second kappa shape index (κ2) is 36.1. The highest BCUT2D eigenvalue weighted by Gasteiger charge is 2.21. The lowest BCUT2D eigenvalue weighted by molar-refractivity contribution is -0.870. The summed E-state index contributed by atoms with van der Waals surface area (Å²) in [6.07, 6.45) is 37.7. The standard InChI is InChI=1S/C43H82NO8P/c1-6-8-10-12-14-16-18-19-20-21-22-23-24-25-26-28-30-32-34-36-43(46)52-41(40-51-53(47,48)50-38-37-44(3,4)5)39-49-42(45)35-33-31-29-27-17-15-13-11-9-7-2/h14,16,19-20,41H,6-13,15,17-18,21-40H2,1-5H3/b16-14-,20-19-/t41-/m1/s1. The van der Waals surface area contributed by atoms with Crippen molar-refractivity contribution in [2.45, 2.75) is 193 Å². The normalized spacial score (nSPS) is 13.8. The Balaban J connectivity index is 4.31. The van der Waals surface area contributed by atoms with Crippen LogP contribution < -0.4 is 4.89 Å². The molecule has 0 aliphatic rings. The minimum absolute atomic E-state index is 0.0300. The van der Waals surface area contributed by atoms with Gasteiger partial charge in [0.1, 0.15) is 19.8 Å². The highest BCUT2D eigenvalue weighted by molar-refractivity contribution is 7.45. The first-order valence-corrected chi connectivity index (χ1v) is 23.0. The number of hydrogen-bond acceptors (Lipinski definition) is 8. The van der Waals surface area contributed by atoms with Gasteiger partial charge in [0.05, 0.1) is 27.7 Å². The molecule has 0 aromatic heterocycles. The molecule has 0 aliphatic heterocycles. The average Bonchev–Trinajstić information content (AvgIpc) is 3.10. The van der Waals surface area contributed by atoms with Crippen molar-refractivity contribution in [3.8, 4) is 0 Å². The van der Waals surface area contributed by atoms with E-state index in [0.29, 0.717) is 17.4 Å². The second-order valence-electron chi connectivity index (χ2n) is 15.7. The Bertz CT molecular complexity index is 964. The molecule has 2 atom stereocenters. The number of likely N-dealkylation sites (N-methyl/N-ethyl adjacent to an activating group) is 1. The summed E-state index contributed by atoms with van der Waals surface area (Å²) in [6, 6.07) is 0. The number of allylic oxidation sites excluding steroid dienone is 4. The van der Waals surface area contributed by atoms with Gasteiger partial charge in [-0.2, -0.15) is 0 Å². The first-order valence-electron chi connectivity index (χ1n) is 21.5. The Kier molecular flexibility index (Phi) is 35.1. The fourth-order valence-electron chi connectivity index (χ4n) is 5.80. The summed E-state index contributed by atoms with van der Waals surface area (Å²) >= 11 is 0. The van der Waals surface area contributed by atoms with Crippen LogP contribution in [0.25, 0.3) is 0 Å². The largest absolute Gasteiger partial charge is 0.756 e. The molecule has 0 saturated heterocycles. The van der Waals surface area contributed by atoms with Crippen molar-refractivity contribution in [1.82, 2.24) is 0 Å². The van der Waals surface area contributed by atoms with Gasteiger partial charge in [0.25, 0.3) is 7.82 Å². The maximum Gasteiger partial charge on any atom is 0.306 e. The Morgan fingerprint density at radius 2 is 1.02 bits per heavy atom. The summed E-state index contributed by atoms with van der Waals surface area (Å²) in [7, 11) is 1.17. The molecule has 0 radical (unpaired) electrons. The van der Waals surface area contributed by atoms with E-state index >= 15 is 0 Å². The molecule has 10 heteroatoms. The lowest BCUT2D eigenvalue weighted by atomic mass is 10.1. The molecule has 0 spiro atoms. The number of carbonyl (C=O) groups is 2. The van der Waals surface area contributed by atoms with Crippen molar-refractivity contribution >= 4 is 19.8 Å². The number of carbonyl (C=O) groups excluding carboxylic acids is 2. The molecule has 0 heterocycles. The van der Waals surface area contributed by atoms with E-state index in [1.807, 2.05) is 21.1 Å². The van der Waals surface area contributed by atoms with Gasteiger partial charge in [0, 0.05) is 12.8 Å². The van der Waals surface area contributed by atoms with E-state index in [9.17, 15) is 19.0 Å². The molecule has 1 unspecified atom stereocenters. The van der Waals surface area contributed by atoms with Crippen LogP contribution in [-0.4, -0.2) is 70.0 Å². The maximum atomic E-state index is 12.7. The van der Waals surface area contributed by atoms with Gasteiger partial charge in [-0.15, -0.1) is 0 Å². The van der Waals surface area contributed by atoms with Crippen LogP contribution in [0.1, 0.15) is 187 Å². The summed E-state index contributed by atoms with van der Waals surface area (Å²) in [5.41, 5.74) is 0. The fourth-order valence-corrected chi connectivity index (χ4v) is 6.53. The Hall–Kier alpha value is -1.51. The van der Waals surface area contributed by atoms with Crippen molar-refractivity contribution in [3.63, 3.8) is 0 Å². The van der Waals surface area contributed by atoms with Gasteiger partial charge < -0.3 is 27.9 Å². The number of phosphoric ester groups is 1. The van der Waals surface area contributed by atoms with Crippen molar-refractivity contribution < 1.29 is 42.1 Å². The lowest BCUT2D eigenvalue weighted by Gasteiger charge is -2.28. The highest BCUT2D eigenvalue weighted by atomic mass is 31.2. The lowest BCUT2D eigenvalue weighted by Crippen LogP contribution is -2.37. The predicted molar refractivity (Wildman–Crippen MR) is 218 cm³/mol. The third kappa shape index (κ3) is 40.0. The van der Waals surface area contributed by atoms with Crippen LogP contribution in [0.15, 0.2) is 24.3 Å². The Labute approximate surface area is 326 Å². The van der Waals surface area contributed by atoms with E-state index < -0.39 is 26.5 Å². The molecule has 0 bridgehead atoms. The zero-order valence-corrected chi connectivity index (χ0v) is 35.9. The fraction of sp³-hybridized carbons (Fsp3) is 0.860. The van der Waals surface area contributed by atoms with E-state index in [-0.39, 0.29) is 32.0 Å². The van der Waals surface area contributed by atoms with Crippen LogP contribution >= 0.6 is 7.82 Å². The molecule has 0 saturated carbocycles. The zero-order chi connectivity index (χ0) is 39.3. The molecule has 312 valence electrons. The van der Waals surface area contributed by atoms with Crippen LogP contribution in [0.5, 0.6) is 0 Å². The molecular formula is C43H82NO8P. The van der Waals surface area contributed by atoms with Crippen molar-refractivity contribution in [2.24, 2.45) is 0 Å². The smallest absolute Gasteiger partial charge is 0.306 e. The number of rotatable bonds is 39. The molecule has 0 aromatic carbocycles. The number of phosphoric acid groups is 1. The summed E-state index contributed by atoms with van der Waals surface area (Å²) < 4.78 is 33.8. The number of ether oxygens (including phenoxy) is 2. The van der Waals surface area contributed by atoms with Gasteiger partial charge >= 0.3 is 11.9 Å². The van der Waals surface area contributed by atoms with Gasteiger partial charge in [0.15, 0.2) is 6.10 Å². The quantitative estimate of drug-likeness (QED) is 0.0200. The number of esters is 2. The SMILES string of the molecule is CCCCC/C=C\C/C=C\CCCCCCCCCCCC(=O)O[C@H](COC(=O)CCCCCCCCCCCC)COP(=O)([O-])OCC[N+](C)(C)C. The van der Waals surface area contributed by atoms with Crippen LogP contribution in [0.2, 0.25) is 0 Å². The molecule has 0 rings (SSSR count). The average molecular weight is 772 g/mol. The molecule has 0 aliphatic carbocycles. The molecule has 0 N–H and O–H groups in total. The van der Waals surface area contributed by atoms with Gasteiger partial charge in [-0.3, -0.25) is 14.2 Å². The predicted octanol–water partition coefficient (Wildman–Crippen LogP) is 11.3. The van der Waals surface area contributed by atoms with Crippen LogP contribution in [0.4, 0.5) is 0 Å². The summed E-state index contributed by atoms with van der Waals surface area (Å²) in [4.78, 5) is 37.4. The van der Waals surface area contributed by atoms with E-state index in [1.165, 1.54) is 103 Å². The van der Waals surface area contributed by atoms with Gasteiger partial charge in [0.2, 0.25) is 0 Å².